The van der Waals surface area contributed by atoms with Crippen LogP contribution in [0.1, 0.15) is 36.9 Å². The van der Waals surface area contributed by atoms with Gasteiger partial charge < -0.3 is 15.3 Å². The highest BCUT2D eigenvalue weighted by Crippen LogP contribution is 2.31. The van der Waals surface area contributed by atoms with Gasteiger partial charge >= 0.3 is 0 Å². The van der Waals surface area contributed by atoms with Crippen LogP contribution in [0.3, 0.4) is 0 Å². The fourth-order valence-corrected chi connectivity index (χ4v) is 3.63. The highest BCUT2D eigenvalue weighted by molar-refractivity contribution is 5.66. The third-order valence-corrected chi connectivity index (χ3v) is 5.00. The van der Waals surface area contributed by atoms with Crippen LogP contribution in [0.5, 0.6) is 0 Å². The summed E-state index contributed by atoms with van der Waals surface area (Å²) in [5, 5.41) is 22.4. The molecule has 0 atom stereocenters. The van der Waals surface area contributed by atoms with Crippen molar-refractivity contribution in [2.75, 3.05) is 5.32 Å². The minimum absolute atomic E-state index is 0.178. The van der Waals surface area contributed by atoms with Crippen molar-refractivity contribution >= 4 is 5.95 Å². The number of nitriles is 1. The number of aromatic nitrogens is 2. The largest absolute Gasteiger partial charge is 0.393 e. The van der Waals surface area contributed by atoms with Crippen molar-refractivity contribution in [3.05, 3.63) is 41.6 Å². The van der Waals surface area contributed by atoms with E-state index in [0.717, 1.165) is 48.2 Å². The van der Waals surface area contributed by atoms with E-state index >= 15 is 0 Å². The molecule has 2 N–H and O–H groups in total. The van der Waals surface area contributed by atoms with Crippen LogP contribution < -0.4 is 5.32 Å². The molecule has 25 heavy (non-hydrogen) atoms. The zero-order chi connectivity index (χ0) is 17.2. The zero-order valence-corrected chi connectivity index (χ0v) is 14.0. The molecular weight excluding hydrogens is 314 g/mol. The summed E-state index contributed by atoms with van der Waals surface area (Å²) in [6.07, 6.45) is 5.51. The highest BCUT2D eigenvalue weighted by Gasteiger charge is 2.26. The maximum absolute atomic E-state index is 9.67. The van der Waals surface area contributed by atoms with Gasteiger partial charge in [-0.25, -0.2) is 9.97 Å². The van der Waals surface area contributed by atoms with Crippen LogP contribution in [0.4, 0.5) is 5.95 Å². The van der Waals surface area contributed by atoms with Crippen molar-refractivity contribution in [1.29, 1.82) is 5.26 Å². The van der Waals surface area contributed by atoms with Crippen LogP contribution in [0.2, 0.25) is 0 Å². The Morgan fingerprint density at radius 1 is 1.08 bits per heavy atom. The van der Waals surface area contributed by atoms with Gasteiger partial charge in [0.2, 0.25) is 5.95 Å². The van der Waals surface area contributed by atoms with Gasteiger partial charge in [-0.2, -0.15) is 5.26 Å². The highest BCUT2D eigenvalue weighted by atomic mass is 16.3. The standard InChI is InChI=1S/C19H21N5O/c20-12-24-10-16-17(11-24)22-19(21-14-6-8-15(25)9-7-14)23-18(16)13-4-2-1-3-5-13/h1-5,14-15,25H,6-11H2,(H,21,22,23)/t14-,15-. The van der Waals surface area contributed by atoms with E-state index in [9.17, 15) is 10.4 Å². The summed E-state index contributed by atoms with van der Waals surface area (Å²) in [7, 11) is 0. The lowest BCUT2D eigenvalue weighted by molar-refractivity contribution is 0.126. The molecule has 0 amide bonds. The number of hydrogen-bond acceptors (Lipinski definition) is 6. The molecule has 1 aromatic carbocycles. The number of aliphatic hydroxyl groups excluding tert-OH is 1. The molecule has 6 nitrogen and oxygen atoms in total. The van der Waals surface area contributed by atoms with Gasteiger partial charge in [0.25, 0.3) is 0 Å². The second-order valence-electron chi connectivity index (χ2n) is 6.79. The number of aliphatic hydroxyl groups is 1. The molecule has 6 heteroatoms. The van der Waals surface area contributed by atoms with Crippen LogP contribution in [0.15, 0.2) is 30.3 Å². The molecule has 1 aromatic heterocycles. The molecule has 0 unspecified atom stereocenters. The number of fused-ring (bicyclic) bond motifs is 1. The van der Waals surface area contributed by atoms with E-state index in [4.69, 9.17) is 4.98 Å². The topological polar surface area (TPSA) is 85.1 Å². The van der Waals surface area contributed by atoms with E-state index in [1.807, 2.05) is 30.3 Å². The molecule has 2 aromatic rings. The Hall–Kier alpha value is -2.65. The van der Waals surface area contributed by atoms with Gasteiger partial charge in [-0.1, -0.05) is 30.3 Å². The van der Waals surface area contributed by atoms with Gasteiger partial charge in [0, 0.05) is 17.2 Å². The second-order valence-corrected chi connectivity index (χ2v) is 6.79. The molecule has 0 spiro atoms. The monoisotopic (exact) mass is 335 g/mol. The fraction of sp³-hybridized carbons (Fsp3) is 0.421. The molecule has 0 saturated heterocycles. The average Bonchev–Trinajstić information content (AvgIpc) is 3.07. The van der Waals surface area contributed by atoms with E-state index in [1.54, 1.807) is 4.90 Å². The maximum Gasteiger partial charge on any atom is 0.223 e. The molecule has 1 aliphatic heterocycles. The third-order valence-electron chi connectivity index (χ3n) is 5.00. The van der Waals surface area contributed by atoms with Gasteiger partial charge in [0.05, 0.1) is 30.6 Å². The van der Waals surface area contributed by atoms with Crippen molar-refractivity contribution in [3.63, 3.8) is 0 Å². The van der Waals surface area contributed by atoms with E-state index in [-0.39, 0.29) is 6.10 Å². The smallest absolute Gasteiger partial charge is 0.223 e. The lowest BCUT2D eigenvalue weighted by Gasteiger charge is -2.26. The zero-order valence-electron chi connectivity index (χ0n) is 14.0. The van der Waals surface area contributed by atoms with Crippen molar-refractivity contribution in [3.8, 4) is 17.5 Å². The lowest BCUT2D eigenvalue weighted by atomic mass is 9.93. The van der Waals surface area contributed by atoms with Crippen LogP contribution >= 0.6 is 0 Å². The predicted octanol–water partition coefficient (Wildman–Crippen LogP) is 2.66. The van der Waals surface area contributed by atoms with Crippen LogP contribution in [-0.4, -0.2) is 32.1 Å². The lowest BCUT2D eigenvalue weighted by Crippen LogP contribution is -2.29. The number of nitrogens with one attached hydrogen (secondary N) is 1. The van der Waals surface area contributed by atoms with Gasteiger partial charge in [0.1, 0.15) is 0 Å². The number of hydrogen-bond donors (Lipinski definition) is 2. The quantitative estimate of drug-likeness (QED) is 0.839. The molecule has 0 radical (unpaired) electrons. The van der Waals surface area contributed by atoms with Crippen LogP contribution in [0.25, 0.3) is 11.3 Å². The summed E-state index contributed by atoms with van der Waals surface area (Å²) in [5.41, 5.74) is 3.91. The first-order valence-electron chi connectivity index (χ1n) is 8.77. The normalized spacial score (nSPS) is 22.3. The first kappa shape index (κ1) is 15.9. The molecule has 0 bridgehead atoms. The third kappa shape index (κ3) is 3.28. The molecule has 2 aliphatic rings. The Bertz CT molecular complexity index is 793. The fourth-order valence-electron chi connectivity index (χ4n) is 3.63. The summed E-state index contributed by atoms with van der Waals surface area (Å²) < 4.78 is 0. The SMILES string of the molecule is N#CN1Cc2nc(N[C@H]3CC[C@H](O)CC3)nc(-c3ccccc3)c2C1. The van der Waals surface area contributed by atoms with Gasteiger partial charge in [-0.3, -0.25) is 0 Å². The molecule has 1 fully saturated rings. The Balaban J connectivity index is 1.66. The predicted molar refractivity (Wildman–Crippen MR) is 94.2 cm³/mol. The van der Waals surface area contributed by atoms with Gasteiger partial charge in [-0.05, 0) is 25.7 Å². The number of nitrogens with zero attached hydrogens (tertiary/aromatic N) is 4. The summed E-state index contributed by atoms with van der Waals surface area (Å²) in [5.74, 6) is 0.624. The van der Waals surface area contributed by atoms with Gasteiger partial charge in [0.15, 0.2) is 6.19 Å². The number of rotatable bonds is 3. The van der Waals surface area contributed by atoms with E-state index in [0.29, 0.717) is 25.1 Å². The number of anilines is 1. The Labute approximate surface area is 147 Å². The van der Waals surface area contributed by atoms with Crippen molar-refractivity contribution < 1.29 is 5.11 Å². The van der Waals surface area contributed by atoms with Crippen molar-refractivity contribution in [2.24, 2.45) is 0 Å². The second kappa shape index (κ2) is 6.69. The summed E-state index contributed by atoms with van der Waals surface area (Å²) in [4.78, 5) is 11.1. The van der Waals surface area contributed by atoms with E-state index in [2.05, 4.69) is 16.5 Å². The Morgan fingerprint density at radius 3 is 2.56 bits per heavy atom. The molecule has 4 rings (SSSR count). The average molecular weight is 335 g/mol. The summed E-state index contributed by atoms with van der Waals surface area (Å²) in [6, 6.07) is 10.3. The molecule has 2 heterocycles. The first-order chi connectivity index (χ1) is 12.2. The first-order valence-corrected chi connectivity index (χ1v) is 8.77. The molecule has 1 aliphatic carbocycles. The molecular formula is C19H21N5O. The van der Waals surface area contributed by atoms with Crippen molar-refractivity contribution in [1.82, 2.24) is 14.9 Å². The Kier molecular flexibility index (Phi) is 4.24. The Morgan fingerprint density at radius 2 is 1.84 bits per heavy atom. The van der Waals surface area contributed by atoms with Crippen LogP contribution in [0, 0.1) is 11.5 Å². The maximum atomic E-state index is 9.67. The molecule has 1 saturated carbocycles. The molecule has 128 valence electrons. The van der Waals surface area contributed by atoms with Crippen LogP contribution in [-0.2, 0) is 13.1 Å². The van der Waals surface area contributed by atoms with Crippen molar-refractivity contribution in [2.45, 2.75) is 50.9 Å². The van der Waals surface area contributed by atoms with E-state index in [1.165, 1.54) is 0 Å². The number of benzene rings is 1. The minimum atomic E-state index is -0.178. The summed E-state index contributed by atoms with van der Waals surface area (Å²) in [6.45, 7) is 1.10. The van der Waals surface area contributed by atoms with E-state index < -0.39 is 0 Å². The summed E-state index contributed by atoms with van der Waals surface area (Å²) >= 11 is 0. The minimum Gasteiger partial charge on any atom is -0.393 e. The van der Waals surface area contributed by atoms with Gasteiger partial charge in [-0.15, -0.1) is 0 Å².